The van der Waals surface area contributed by atoms with Gasteiger partial charge in [0.25, 0.3) is 5.56 Å². The number of aromatic amines is 1. The lowest BCUT2D eigenvalue weighted by Crippen LogP contribution is -2.49. The number of phosphoric acid groups is 2. The van der Waals surface area contributed by atoms with Gasteiger partial charge in [0.1, 0.15) is 18.3 Å². The lowest BCUT2D eigenvalue weighted by molar-refractivity contribution is -0.0501. The van der Waals surface area contributed by atoms with Gasteiger partial charge >= 0.3 is 23.9 Å². The van der Waals surface area contributed by atoms with Crippen molar-refractivity contribution in [1.82, 2.24) is 29.3 Å². The first-order chi connectivity index (χ1) is 23.0. The Kier molecular flexibility index (Phi) is 15.2. The Bertz CT molecular complexity index is 1600. The van der Waals surface area contributed by atoms with Crippen molar-refractivity contribution in [2.45, 2.75) is 76.3 Å². The molecule has 0 aliphatic carbocycles. The van der Waals surface area contributed by atoms with Gasteiger partial charge in [-0.2, -0.15) is 4.98 Å². The molecule has 0 aromatic carbocycles. The van der Waals surface area contributed by atoms with Gasteiger partial charge in [-0.1, -0.05) is 20.8 Å². The number of ether oxygens (including phenoxy) is 1. The lowest BCUT2D eigenvalue weighted by atomic mass is 10.1. The van der Waals surface area contributed by atoms with E-state index in [1.807, 2.05) is 71.9 Å². The number of anilines is 1. The molecule has 24 heteroatoms. The van der Waals surface area contributed by atoms with Crippen molar-refractivity contribution in [3.05, 3.63) is 16.7 Å². The molecule has 7 atom stereocenters. The number of fused-ring (bicyclic) bond motifs is 1. The number of rotatable bonds is 20. The number of aromatic nitrogens is 4. The van der Waals surface area contributed by atoms with Gasteiger partial charge in [0.15, 0.2) is 25.7 Å². The fourth-order valence-electron chi connectivity index (χ4n) is 4.61. The molecule has 1 fully saturated rings. The molecule has 0 radical (unpaired) electrons. The molecule has 20 nitrogen and oxygen atoms in total. The standard InChI is InChI=1S/C26H52N7O13P3Si/c1-26(2,3)50(8,9)45-21-20(44-49(39,46-47(35)36)41-15-11-13-32(6)7)18(16-42-48(37,38)40-14-10-12-31(4)5)43-24(21)33-17-28-19-22(33)29-25(27)30-23(19)34/h17-18,20-21,24,47H,10-16H2,1-9H3,(H,35,36)(H,37,38)(H3,27,29,30,34). The van der Waals surface area contributed by atoms with E-state index in [1.54, 1.807) is 0 Å². The number of nitrogens with two attached hydrogens (primary N) is 1. The molecule has 288 valence electrons. The quantitative estimate of drug-likeness (QED) is 0.0854. The molecule has 1 aliphatic rings. The zero-order valence-electron chi connectivity index (χ0n) is 29.9. The summed E-state index contributed by atoms with van der Waals surface area (Å²) in [5.74, 6) is -0.207. The zero-order valence-corrected chi connectivity index (χ0v) is 33.7. The molecule has 3 rings (SSSR count). The van der Waals surface area contributed by atoms with Gasteiger partial charge in [-0.3, -0.25) is 37.0 Å². The lowest BCUT2D eigenvalue weighted by Gasteiger charge is -2.40. The number of H-pyrrole nitrogens is 1. The molecular weight excluding hydrogens is 739 g/mol. The van der Waals surface area contributed by atoms with Gasteiger partial charge in [-0.15, -0.1) is 0 Å². The van der Waals surface area contributed by atoms with Gasteiger partial charge < -0.3 is 34.5 Å². The number of nitrogens with zero attached hydrogens (tertiary/aromatic N) is 5. The molecule has 50 heavy (non-hydrogen) atoms. The van der Waals surface area contributed by atoms with Crippen LogP contribution in [-0.4, -0.2) is 127 Å². The Morgan fingerprint density at radius 2 is 1.68 bits per heavy atom. The molecule has 0 saturated carbocycles. The monoisotopic (exact) mass is 791 g/mol. The van der Waals surface area contributed by atoms with E-state index in [9.17, 15) is 28.3 Å². The van der Waals surface area contributed by atoms with Crippen molar-refractivity contribution in [3.63, 3.8) is 0 Å². The molecule has 2 aromatic heterocycles. The summed E-state index contributed by atoms with van der Waals surface area (Å²) < 4.78 is 80.2. The third-order valence-corrected chi connectivity index (χ3v) is 16.1. The summed E-state index contributed by atoms with van der Waals surface area (Å²) >= 11 is 0. The highest BCUT2D eigenvalue weighted by atomic mass is 31.2. The van der Waals surface area contributed by atoms with Crippen LogP contribution in [0.4, 0.5) is 5.95 Å². The van der Waals surface area contributed by atoms with Crippen molar-refractivity contribution < 1.29 is 55.1 Å². The van der Waals surface area contributed by atoms with E-state index in [0.29, 0.717) is 25.9 Å². The second-order valence-electron chi connectivity index (χ2n) is 13.8. The van der Waals surface area contributed by atoms with Crippen LogP contribution in [0.15, 0.2) is 11.1 Å². The summed E-state index contributed by atoms with van der Waals surface area (Å²) in [4.78, 5) is 47.4. The Hall–Kier alpha value is -1.38. The minimum atomic E-state index is -4.85. The van der Waals surface area contributed by atoms with Crippen LogP contribution in [0.1, 0.15) is 39.8 Å². The summed E-state index contributed by atoms with van der Waals surface area (Å²) in [5.41, 5.74) is 5.17. The molecule has 5 N–H and O–H groups in total. The first-order valence-corrected chi connectivity index (χ1v) is 23.0. The minimum Gasteiger partial charge on any atom is -0.407 e. The highest BCUT2D eigenvalue weighted by molar-refractivity contribution is 7.56. The van der Waals surface area contributed by atoms with Gasteiger partial charge in [0.05, 0.1) is 26.1 Å². The van der Waals surface area contributed by atoms with Crippen LogP contribution < -0.4 is 11.3 Å². The minimum absolute atomic E-state index is 0.0113. The van der Waals surface area contributed by atoms with E-state index in [-0.39, 0.29) is 30.3 Å². The first-order valence-electron chi connectivity index (χ1n) is 15.9. The summed E-state index contributed by atoms with van der Waals surface area (Å²) in [6.07, 6.45) is -3.25. The van der Waals surface area contributed by atoms with Gasteiger partial charge in [0, 0.05) is 0 Å². The van der Waals surface area contributed by atoms with Gasteiger partial charge in [-0.05, 0) is 72.3 Å². The Balaban J connectivity index is 2.10. The van der Waals surface area contributed by atoms with E-state index in [0.717, 1.165) is 0 Å². The molecular formula is C26H52N7O13P3Si. The molecule has 0 spiro atoms. The molecule has 0 amide bonds. The van der Waals surface area contributed by atoms with Crippen LogP contribution in [0.2, 0.25) is 18.1 Å². The third kappa shape index (κ3) is 12.1. The average Bonchev–Trinajstić information content (AvgIpc) is 3.52. The van der Waals surface area contributed by atoms with Gasteiger partial charge in [-0.25, -0.2) is 18.4 Å². The fraction of sp³-hybridized carbons (Fsp3) is 0.808. The van der Waals surface area contributed by atoms with E-state index < -0.39 is 74.0 Å². The van der Waals surface area contributed by atoms with Crippen LogP contribution in [-0.2, 0) is 45.3 Å². The van der Waals surface area contributed by atoms with Crippen LogP contribution in [0, 0.1) is 0 Å². The highest BCUT2D eigenvalue weighted by Crippen LogP contribution is 2.59. The predicted molar refractivity (Wildman–Crippen MR) is 187 cm³/mol. The third-order valence-electron chi connectivity index (χ3n) is 8.09. The van der Waals surface area contributed by atoms with Crippen molar-refractivity contribution in [2.75, 3.05) is 66.8 Å². The molecule has 0 bridgehead atoms. The second-order valence-corrected chi connectivity index (χ2v) is 22.6. The van der Waals surface area contributed by atoms with Crippen molar-refractivity contribution >= 4 is 49.3 Å². The smallest absolute Gasteiger partial charge is 0.407 e. The Labute approximate surface area is 293 Å². The number of hydrogen-bond donors (Lipinski definition) is 4. The highest BCUT2D eigenvalue weighted by Gasteiger charge is 2.55. The average molecular weight is 792 g/mol. The van der Waals surface area contributed by atoms with Crippen LogP contribution in [0.25, 0.3) is 11.2 Å². The predicted octanol–water partition coefficient (Wildman–Crippen LogP) is 2.94. The second kappa shape index (κ2) is 17.6. The maximum atomic E-state index is 14.0. The molecule has 2 aromatic rings. The van der Waals surface area contributed by atoms with Crippen LogP contribution in [0.5, 0.6) is 0 Å². The molecule has 1 saturated heterocycles. The van der Waals surface area contributed by atoms with Crippen LogP contribution in [0.3, 0.4) is 0 Å². The Morgan fingerprint density at radius 3 is 2.24 bits per heavy atom. The number of nitrogens with one attached hydrogen (secondary N) is 1. The largest absolute Gasteiger partial charge is 0.482 e. The van der Waals surface area contributed by atoms with E-state index >= 15 is 0 Å². The Morgan fingerprint density at radius 1 is 1.08 bits per heavy atom. The molecule has 1 aliphatic heterocycles. The van der Waals surface area contributed by atoms with Gasteiger partial charge in [0.2, 0.25) is 5.95 Å². The SMILES string of the molecule is CN(C)CCCOP(=O)(O)OCC1OC(n2cnc3c(=O)[nH]c(N)nc32)C(O[Si](C)(C)C(C)(C)C)C1OP(=O)(OCCCN(C)C)O[PH](=O)O. The molecule has 7 unspecified atom stereocenters. The number of nitrogen functional groups attached to an aromatic ring is 1. The van der Waals surface area contributed by atoms with Crippen molar-refractivity contribution in [3.8, 4) is 0 Å². The maximum absolute atomic E-state index is 14.0. The first kappa shape index (κ1) is 43.0. The van der Waals surface area contributed by atoms with Crippen molar-refractivity contribution in [1.29, 1.82) is 0 Å². The van der Waals surface area contributed by atoms with E-state index in [1.165, 1.54) is 10.9 Å². The zero-order chi connectivity index (χ0) is 37.7. The number of hydrogen-bond acceptors (Lipinski definition) is 16. The van der Waals surface area contributed by atoms with Crippen LogP contribution >= 0.6 is 23.9 Å². The molecule has 3 heterocycles. The van der Waals surface area contributed by atoms with E-state index in [2.05, 4.69) is 15.0 Å². The summed E-state index contributed by atoms with van der Waals surface area (Å²) in [5, 5.41) is -0.395. The maximum Gasteiger partial charge on any atom is 0.482 e. The normalized spacial score (nSPS) is 23.5. The summed E-state index contributed by atoms with van der Waals surface area (Å²) in [6.45, 7) is 9.98. The summed E-state index contributed by atoms with van der Waals surface area (Å²) in [6, 6.07) is 0. The number of phosphoric ester groups is 2. The van der Waals surface area contributed by atoms with E-state index in [4.69, 9.17) is 37.3 Å². The topological polar surface area (TPSA) is 252 Å². The number of imidazole rings is 1. The summed E-state index contributed by atoms with van der Waals surface area (Å²) in [7, 11) is -8.84. The fourth-order valence-corrected chi connectivity index (χ4v) is 8.78. The van der Waals surface area contributed by atoms with Crippen molar-refractivity contribution in [2.24, 2.45) is 0 Å².